The summed E-state index contributed by atoms with van der Waals surface area (Å²) in [6.45, 7) is 0. The molecule has 0 aliphatic heterocycles. The van der Waals surface area contributed by atoms with Crippen molar-refractivity contribution in [3.63, 3.8) is 0 Å². The quantitative estimate of drug-likeness (QED) is 0.783. The first kappa shape index (κ1) is 11.7. The number of ketones is 1. The van der Waals surface area contributed by atoms with E-state index < -0.39 is 0 Å². The molecule has 1 rings (SSSR count). The Hall–Kier alpha value is -0.350. The highest BCUT2D eigenvalue weighted by molar-refractivity contribution is 9.10. The van der Waals surface area contributed by atoms with E-state index in [9.17, 15) is 9.18 Å². The Morgan fingerprint density at radius 2 is 2.21 bits per heavy atom. The number of carbonyl (C=O) groups is 1. The van der Waals surface area contributed by atoms with Gasteiger partial charge >= 0.3 is 0 Å². The molecule has 0 unspecified atom stereocenters. The lowest BCUT2D eigenvalue weighted by molar-refractivity contribution is 0.0989. The van der Waals surface area contributed by atoms with Gasteiger partial charge in [0.25, 0.3) is 0 Å². The number of benzene rings is 1. The average Bonchev–Trinajstić information content (AvgIpc) is 2.12. The number of carbonyl (C=O) groups excluding carboxylic acids is 1. The van der Waals surface area contributed by atoms with Crippen LogP contribution in [0.5, 0.6) is 0 Å². The minimum absolute atomic E-state index is 0.0143. The second kappa shape index (κ2) is 5.51. The van der Waals surface area contributed by atoms with E-state index in [4.69, 9.17) is 0 Å². The molecule has 1 nitrogen and oxygen atoms in total. The zero-order valence-electron chi connectivity index (χ0n) is 7.72. The molecule has 0 radical (unpaired) electrons. The average molecular weight is 277 g/mol. The van der Waals surface area contributed by atoms with Gasteiger partial charge in [0.05, 0.1) is 0 Å². The van der Waals surface area contributed by atoms with E-state index in [0.29, 0.717) is 16.5 Å². The van der Waals surface area contributed by atoms with Crippen LogP contribution in [0.2, 0.25) is 0 Å². The first-order valence-corrected chi connectivity index (χ1v) is 6.30. The number of rotatable bonds is 4. The first-order valence-electron chi connectivity index (χ1n) is 4.11. The highest BCUT2D eigenvalue weighted by Gasteiger charge is 2.07. The summed E-state index contributed by atoms with van der Waals surface area (Å²) in [7, 11) is 0. The lowest BCUT2D eigenvalue weighted by atomic mass is 10.1. The summed E-state index contributed by atoms with van der Waals surface area (Å²) in [6.07, 6.45) is 2.39. The zero-order valence-corrected chi connectivity index (χ0v) is 10.1. The van der Waals surface area contributed by atoms with Crippen molar-refractivity contribution in [2.24, 2.45) is 0 Å². The molecule has 0 aromatic heterocycles. The maximum Gasteiger partial charge on any atom is 0.163 e. The summed E-state index contributed by atoms with van der Waals surface area (Å²) in [5, 5.41) is 0. The van der Waals surface area contributed by atoms with Gasteiger partial charge < -0.3 is 0 Å². The van der Waals surface area contributed by atoms with Crippen molar-refractivity contribution in [3.05, 3.63) is 34.1 Å². The van der Waals surface area contributed by atoms with Crippen LogP contribution in [0, 0.1) is 5.82 Å². The van der Waals surface area contributed by atoms with Gasteiger partial charge in [0.15, 0.2) is 5.78 Å². The molecule has 0 fully saturated rings. The molecule has 1 aromatic carbocycles. The Bertz CT molecular complexity index is 321. The summed E-state index contributed by atoms with van der Waals surface area (Å²) in [6, 6.07) is 4.25. The van der Waals surface area contributed by atoms with E-state index in [-0.39, 0.29) is 11.6 Å². The van der Waals surface area contributed by atoms with Crippen LogP contribution in [0.4, 0.5) is 4.39 Å². The van der Waals surface area contributed by atoms with Crippen LogP contribution >= 0.6 is 27.7 Å². The van der Waals surface area contributed by atoms with Gasteiger partial charge in [-0.25, -0.2) is 4.39 Å². The summed E-state index contributed by atoms with van der Waals surface area (Å²) >= 11 is 4.76. The fraction of sp³-hybridized carbons (Fsp3) is 0.300. The molecule has 0 amide bonds. The Morgan fingerprint density at radius 1 is 1.50 bits per heavy atom. The standard InChI is InChI=1S/C10H10BrFOS/c1-14-3-2-10(13)7-4-8(11)6-9(12)5-7/h4-6H,2-3H2,1H3. The van der Waals surface area contributed by atoms with Crippen LogP contribution < -0.4 is 0 Å². The third kappa shape index (κ3) is 3.42. The van der Waals surface area contributed by atoms with Crippen molar-refractivity contribution < 1.29 is 9.18 Å². The fourth-order valence-electron chi connectivity index (χ4n) is 1.05. The third-order valence-corrected chi connectivity index (χ3v) is 2.79. The van der Waals surface area contributed by atoms with Crippen LogP contribution in [0.3, 0.4) is 0 Å². The van der Waals surface area contributed by atoms with Gasteiger partial charge in [-0.15, -0.1) is 0 Å². The van der Waals surface area contributed by atoms with Crippen LogP contribution in [0.1, 0.15) is 16.8 Å². The van der Waals surface area contributed by atoms with Crippen LogP contribution in [-0.2, 0) is 0 Å². The SMILES string of the molecule is CSCCC(=O)c1cc(F)cc(Br)c1. The predicted octanol–water partition coefficient (Wildman–Crippen LogP) is 3.52. The first-order chi connectivity index (χ1) is 6.63. The van der Waals surface area contributed by atoms with Gasteiger partial charge in [0, 0.05) is 22.2 Å². The molecule has 0 aliphatic carbocycles. The third-order valence-electron chi connectivity index (χ3n) is 1.72. The van der Waals surface area contributed by atoms with Crippen LogP contribution in [-0.4, -0.2) is 17.8 Å². The topological polar surface area (TPSA) is 17.1 Å². The highest BCUT2D eigenvalue weighted by atomic mass is 79.9. The van der Waals surface area contributed by atoms with Crippen molar-refractivity contribution in [1.29, 1.82) is 0 Å². The summed E-state index contributed by atoms with van der Waals surface area (Å²) in [5.41, 5.74) is 0.436. The van der Waals surface area contributed by atoms with E-state index in [1.807, 2.05) is 6.26 Å². The van der Waals surface area contributed by atoms with E-state index in [0.717, 1.165) is 5.75 Å². The molecule has 0 atom stereocenters. The number of Topliss-reactive ketones (excluding diaryl/α,β-unsaturated/α-hetero) is 1. The van der Waals surface area contributed by atoms with E-state index in [1.54, 1.807) is 17.8 Å². The molecule has 0 saturated heterocycles. The van der Waals surface area contributed by atoms with E-state index >= 15 is 0 Å². The van der Waals surface area contributed by atoms with Gasteiger partial charge in [0.1, 0.15) is 5.82 Å². The smallest absolute Gasteiger partial charge is 0.163 e. The van der Waals surface area contributed by atoms with Gasteiger partial charge in [0.2, 0.25) is 0 Å². The summed E-state index contributed by atoms with van der Waals surface area (Å²) in [4.78, 5) is 11.5. The molecule has 4 heteroatoms. The van der Waals surface area contributed by atoms with Crippen molar-refractivity contribution in [2.75, 3.05) is 12.0 Å². The Balaban J connectivity index is 2.79. The predicted molar refractivity (Wildman–Crippen MR) is 61.4 cm³/mol. The van der Waals surface area contributed by atoms with Crippen molar-refractivity contribution in [2.45, 2.75) is 6.42 Å². The summed E-state index contributed by atoms with van der Waals surface area (Å²) in [5.74, 6) is 0.374. The van der Waals surface area contributed by atoms with Crippen molar-refractivity contribution in [1.82, 2.24) is 0 Å². The molecule has 0 N–H and O–H groups in total. The molecule has 0 bridgehead atoms. The molecular formula is C10H10BrFOS. The largest absolute Gasteiger partial charge is 0.294 e. The molecule has 1 aromatic rings. The number of hydrogen-bond donors (Lipinski definition) is 0. The Morgan fingerprint density at radius 3 is 2.79 bits per heavy atom. The van der Waals surface area contributed by atoms with Gasteiger partial charge in [-0.3, -0.25) is 4.79 Å². The van der Waals surface area contributed by atoms with Crippen LogP contribution in [0.25, 0.3) is 0 Å². The molecule has 0 spiro atoms. The minimum Gasteiger partial charge on any atom is -0.294 e. The van der Waals surface area contributed by atoms with Gasteiger partial charge in [-0.1, -0.05) is 15.9 Å². The van der Waals surface area contributed by atoms with Crippen LogP contribution in [0.15, 0.2) is 22.7 Å². The molecule has 14 heavy (non-hydrogen) atoms. The molecule has 0 aliphatic rings. The molecular weight excluding hydrogens is 267 g/mol. The zero-order chi connectivity index (χ0) is 10.6. The maximum absolute atomic E-state index is 12.9. The minimum atomic E-state index is -0.383. The highest BCUT2D eigenvalue weighted by Crippen LogP contribution is 2.16. The van der Waals surface area contributed by atoms with Crippen molar-refractivity contribution >= 4 is 33.5 Å². The monoisotopic (exact) mass is 276 g/mol. The number of thioether (sulfide) groups is 1. The molecule has 76 valence electrons. The Kier molecular flexibility index (Phi) is 4.62. The normalized spacial score (nSPS) is 10.2. The molecule has 0 saturated carbocycles. The maximum atomic E-state index is 12.9. The number of hydrogen-bond acceptors (Lipinski definition) is 2. The fourth-order valence-corrected chi connectivity index (χ4v) is 1.91. The second-order valence-electron chi connectivity index (χ2n) is 2.82. The number of halogens is 2. The van der Waals surface area contributed by atoms with Gasteiger partial charge in [-0.2, -0.15) is 11.8 Å². The molecule has 0 heterocycles. The van der Waals surface area contributed by atoms with Gasteiger partial charge in [-0.05, 0) is 24.5 Å². The summed E-state index contributed by atoms with van der Waals surface area (Å²) < 4.78 is 13.5. The van der Waals surface area contributed by atoms with E-state index in [1.165, 1.54) is 12.1 Å². The second-order valence-corrected chi connectivity index (χ2v) is 4.73. The van der Waals surface area contributed by atoms with E-state index in [2.05, 4.69) is 15.9 Å². The lowest BCUT2D eigenvalue weighted by Crippen LogP contribution is -2.01. The Labute approximate surface area is 95.2 Å². The van der Waals surface area contributed by atoms with Crippen molar-refractivity contribution in [3.8, 4) is 0 Å². The lowest BCUT2D eigenvalue weighted by Gasteiger charge is -2.01.